The first-order valence-corrected chi connectivity index (χ1v) is 5.77. The average molecular weight is 250 g/mol. The molecule has 1 amide bonds. The van der Waals surface area contributed by atoms with E-state index in [0.717, 1.165) is 0 Å². The normalized spacial score (nSPS) is 14.0. The van der Waals surface area contributed by atoms with Crippen LogP contribution in [0.5, 0.6) is 0 Å². The standard InChI is InChI=1S/C13H18N2O3/c1-8(2)11(13(17)18)15-12(16)10(14)9-6-4-3-5-7-9/h3-8,10-11H,14H2,1-2H3,(H,15,16)(H,17,18)/t10?,11-/m1/s1. The van der Waals surface area contributed by atoms with Gasteiger partial charge >= 0.3 is 5.97 Å². The summed E-state index contributed by atoms with van der Waals surface area (Å²) < 4.78 is 0. The van der Waals surface area contributed by atoms with Gasteiger partial charge in [0.15, 0.2) is 0 Å². The van der Waals surface area contributed by atoms with E-state index < -0.39 is 24.0 Å². The minimum Gasteiger partial charge on any atom is -0.480 e. The van der Waals surface area contributed by atoms with Crippen molar-refractivity contribution in [1.82, 2.24) is 5.32 Å². The highest BCUT2D eigenvalue weighted by Gasteiger charge is 2.26. The third-order valence-corrected chi connectivity index (χ3v) is 2.67. The molecule has 0 saturated carbocycles. The summed E-state index contributed by atoms with van der Waals surface area (Å²) >= 11 is 0. The SMILES string of the molecule is CC(C)[C@@H](NC(=O)C(N)c1ccccc1)C(=O)O. The lowest BCUT2D eigenvalue weighted by Crippen LogP contribution is -2.47. The largest absolute Gasteiger partial charge is 0.480 e. The van der Waals surface area contributed by atoms with Crippen molar-refractivity contribution in [3.05, 3.63) is 35.9 Å². The molecule has 5 nitrogen and oxygen atoms in total. The molecule has 0 spiro atoms. The lowest BCUT2D eigenvalue weighted by Gasteiger charge is -2.20. The number of nitrogens with one attached hydrogen (secondary N) is 1. The fourth-order valence-corrected chi connectivity index (χ4v) is 1.57. The first-order chi connectivity index (χ1) is 8.43. The zero-order valence-electron chi connectivity index (χ0n) is 10.5. The van der Waals surface area contributed by atoms with Crippen LogP contribution in [0.2, 0.25) is 0 Å². The number of carboxylic acids is 1. The maximum absolute atomic E-state index is 11.9. The van der Waals surface area contributed by atoms with E-state index in [-0.39, 0.29) is 5.92 Å². The Morgan fingerprint density at radius 1 is 1.22 bits per heavy atom. The molecule has 0 fully saturated rings. The molecule has 98 valence electrons. The number of carbonyl (C=O) groups is 2. The number of amides is 1. The Bertz CT molecular complexity index is 418. The minimum absolute atomic E-state index is 0.200. The summed E-state index contributed by atoms with van der Waals surface area (Å²) in [4.78, 5) is 22.8. The second-order valence-corrected chi connectivity index (χ2v) is 4.46. The highest BCUT2D eigenvalue weighted by molar-refractivity contribution is 5.87. The van der Waals surface area contributed by atoms with Crippen LogP contribution in [0.15, 0.2) is 30.3 Å². The van der Waals surface area contributed by atoms with Crippen LogP contribution in [-0.4, -0.2) is 23.0 Å². The Hall–Kier alpha value is -1.88. The number of rotatable bonds is 5. The van der Waals surface area contributed by atoms with Crippen molar-refractivity contribution in [2.45, 2.75) is 25.9 Å². The maximum atomic E-state index is 11.9. The molecular weight excluding hydrogens is 232 g/mol. The molecule has 0 saturated heterocycles. The fraction of sp³-hybridized carbons (Fsp3) is 0.385. The number of hydrogen-bond donors (Lipinski definition) is 3. The van der Waals surface area contributed by atoms with Gasteiger partial charge in [0.1, 0.15) is 12.1 Å². The van der Waals surface area contributed by atoms with Crippen LogP contribution in [-0.2, 0) is 9.59 Å². The average Bonchev–Trinajstić information content (AvgIpc) is 2.35. The van der Waals surface area contributed by atoms with Crippen molar-refractivity contribution in [3.8, 4) is 0 Å². The van der Waals surface area contributed by atoms with Crippen LogP contribution in [0, 0.1) is 5.92 Å². The molecule has 1 rings (SSSR count). The zero-order chi connectivity index (χ0) is 13.7. The molecule has 4 N–H and O–H groups in total. The molecule has 0 aliphatic rings. The van der Waals surface area contributed by atoms with Crippen molar-refractivity contribution in [2.75, 3.05) is 0 Å². The number of carbonyl (C=O) groups excluding carboxylic acids is 1. The van der Waals surface area contributed by atoms with Gasteiger partial charge < -0.3 is 16.2 Å². The quantitative estimate of drug-likeness (QED) is 0.724. The van der Waals surface area contributed by atoms with Crippen LogP contribution in [0.25, 0.3) is 0 Å². The van der Waals surface area contributed by atoms with Crippen molar-refractivity contribution in [1.29, 1.82) is 0 Å². The zero-order valence-corrected chi connectivity index (χ0v) is 10.5. The van der Waals surface area contributed by atoms with E-state index in [1.165, 1.54) is 0 Å². The predicted octanol–water partition coefficient (Wildman–Crippen LogP) is 0.912. The second kappa shape index (κ2) is 6.16. The van der Waals surface area contributed by atoms with Crippen molar-refractivity contribution < 1.29 is 14.7 Å². The highest BCUT2D eigenvalue weighted by Crippen LogP contribution is 2.11. The summed E-state index contributed by atoms with van der Waals surface area (Å²) in [5.41, 5.74) is 6.44. The summed E-state index contributed by atoms with van der Waals surface area (Å²) in [6.07, 6.45) is 0. The molecule has 1 unspecified atom stereocenters. The second-order valence-electron chi connectivity index (χ2n) is 4.46. The van der Waals surface area contributed by atoms with Gasteiger partial charge in [0.2, 0.25) is 5.91 Å². The van der Waals surface area contributed by atoms with E-state index in [2.05, 4.69) is 5.32 Å². The molecule has 0 bridgehead atoms. The van der Waals surface area contributed by atoms with Crippen LogP contribution >= 0.6 is 0 Å². The van der Waals surface area contributed by atoms with Gasteiger partial charge in [-0.1, -0.05) is 44.2 Å². The van der Waals surface area contributed by atoms with Gasteiger partial charge in [-0.05, 0) is 11.5 Å². The molecule has 0 aromatic heterocycles. The van der Waals surface area contributed by atoms with E-state index in [1.54, 1.807) is 38.1 Å². The van der Waals surface area contributed by atoms with Gasteiger partial charge in [0.05, 0.1) is 0 Å². The molecule has 2 atom stereocenters. The summed E-state index contributed by atoms with van der Waals surface area (Å²) in [5, 5.41) is 11.4. The smallest absolute Gasteiger partial charge is 0.326 e. The van der Waals surface area contributed by atoms with Gasteiger partial charge in [-0.3, -0.25) is 4.79 Å². The number of hydrogen-bond acceptors (Lipinski definition) is 3. The highest BCUT2D eigenvalue weighted by atomic mass is 16.4. The summed E-state index contributed by atoms with van der Waals surface area (Å²) in [5.74, 6) is -1.74. The van der Waals surface area contributed by atoms with Gasteiger partial charge in [0, 0.05) is 0 Å². The summed E-state index contributed by atoms with van der Waals surface area (Å²) in [6, 6.07) is 7.06. The van der Waals surface area contributed by atoms with Gasteiger partial charge in [0.25, 0.3) is 0 Å². The van der Waals surface area contributed by atoms with Gasteiger partial charge in [-0.15, -0.1) is 0 Å². The Kier molecular flexibility index (Phi) is 4.85. The lowest BCUT2D eigenvalue weighted by atomic mass is 10.0. The third-order valence-electron chi connectivity index (χ3n) is 2.67. The predicted molar refractivity (Wildman–Crippen MR) is 67.8 cm³/mol. The third kappa shape index (κ3) is 3.56. The molecule has 0 heterocycles. The maximum Gasteiger partial charge on any atom is 0.326 e. The van der Waals surface area contributed by atoms with Gasteiger partial charge in [-0.25, -0.2) is 4.79 Å². The monoisotopic (exact) mass is 250 g/mol. The van der Waals surface area contributed by atoms with Crippen LogP contribution in [0.4, 0.5) is 0 Å². The fourth-order valence-electron chi connectivity index (χ4n) is 1.57. The van der Waals surface area contributed by atoms with Crippen molar-refractivity contribution >= 4 is 11.9 Å². The molecule has 18 heavy (non-hydrogen) atoms. The molecule has 5 heteroatoms. The molecule has 1 aromatic carbocycles. The molecular formula is C13H18N2O3. The van der Waals surface area contributed by atoms with E-state index >= 15 is 0 Å². The molecule has 1 aromatic rings. The minimum atomic E-state index is -1.06. The molecule has 0 aliphatic heterocycles. The van der Waals surface area contributed by atoms with E-state index in [0.29, 0.717) is 5.56 Å². The Labute approximate surface area is 106 Å². The van der Waals surface area contributed by atoms with Gasteiger partial charge in [-0.2, -0.15) is 0 Å². The van der Waals surface area contributed by atoms with Crippen LogP contribution < -0.4 is 11.1 Å². The number of aliphatic carboxylic acids is 1. The Morgan fingerprint density at radius 3 is 2.22 bits per heavy atom. The Morgan fingerprint density at radius 2 is 1.78 bits per heavy atom. The summed E-state index contributed by atoms with van der Waals surface area (Å²) in [6.45, 7) is 3.46. The first kappa shape index (κ1) is 14.2. The van der Waals surface area contributed by atoms with E-state index in [9.17, 15) is 9.59 Å². The van der Waals surface area contributed by atoms with E-state index in [4.69, 9.17) is 10.8 Å². The topological polar surface area (TPSA) is 92.4 Å². The Balaban J connectivity index is 2.73. The molecule has 0 aliphatic carbocycles. The van der Waals surface area contributed by atoms with Crippen LogP contribution in [0.1, 0.15) is 25.5 Å². The van der Waals surface area contributed by atoms with Crippen molar-refractivity contribution in [2.24, 2.45) is 11.7 Å². The number of benzene rings is 1. The van der Waals surface area contributed by atoms with Crippen molar-refractivity contribution in [3.63, 3.8) is 0 Å². The molecule has 0 radical (unpaired) electrons. The lowest BCUT2D eigenvalue weighted by molar-refractivity contribution is -0.143. The number of carboxylic acid groups (broad SMARTS) is 1. The summed E-state index contributed by atoms with van der Waals surface area (Å²) in [7, 11) is 0. The first-order valence-electron chi connectivity index (χ1n) is 5.77. The van der Waals surface area contributed by atoms with Crippen LogP contribution in [0.3, 0.4) is 0 Å². The van der Waals surface area contributed by atoms with E-state index in [1.807, 2.05) is 6.07 Å². The number of nitrogens with two attached hydrogens (primary N) is 1.